The molecule has 0 aromatic rings. The van der Waals surface area contributed by atoms with Crippen molar-refractivity contribution in [2.75, 3.05) is 33.7 Å². The van der Waals surface area contributed by atoms with Crippen LogP contribution in [0.5, 0.6) is 0 Å². The molecular formula is C14H29IN4. The lowest BCUT2D eigenvalue weighted by molar-refractivity contribution is 0.270. The molecule has 0 amide bonds. The molecule has 19 heavy (non-hydrogen) atoms. The van der Waals surface area contributed by atoms with Crippen LogP contribution in [0.15, 0.2) is 4.99 Å². The maximum Gasteiger partial charge on any atom is 0.191 e. The number of hydrogen-bond donors (Lipinski definition) is 1. The molecular weight excluding hydrogens is 351 g/mol. The number of aliphatic imine (C=N–C) groups is 1. The van der Waals surface area contributed by atoms with E-state index in [2.05, 4.69) is 28.9 Å². The van der Waals surface area contributed by atoms with Gasteiger partial charge in [-0.15, -0.1) is 24.0 Å². The first kappa shape index (κ1) is 17.0. The first-order valence-corrected chi connectivity index (χ1v) is 7.40. The van der Waals surface area contributed by atoms with E-state index in [1.807, 2.05) is 0 Å². The molecule has 1 saturated heterocycles. The van der Waals surface area contributed by atoms with E-state index in [0.717, 1.165) is 31.5 Å². The minimum atomic E-state index is 0. The molecule has 0 radical (unpaired) electrons. The quantitative estimate of drug-likeness (QED) is 0.462. The van der Waals surface area contributed by atoms with Crippen molar-refractivity contribution in [1.82, 2.24) is 9.80 Å². The number of guanidine groups is 1. The van der Waals surface area contributed by atoms with Gasteiger partial charge in [0, 0.05) is 19.1 Å². The summed E-state index contributed by atoms with van der Waals surface area (Å²) in [6.07, 6.45) is 7.92. The highest BCUT2D eigenvalue weighted by molar-refractivity contribution is 14.0. The van der Waals surface area contributed by atoms with Gasteiger partial charge in [0.05, 0.1) is 6.54 Å². The van der Waals surface area contributed by atoms with Crippen molar-refractivity contribution >= 4 is 29.9 Å². The maximum atomic E-state index is 6.14. The SMILES string of the molecule is CN(C)C(CN=C(N)N1CCCCCC1)C1CC1.I. The molecule has 2 fully saturated rings. The van der Waals surface area contributed by atoms with Gasteiger partial charge in [0.1, 0.15) is 0 Å². The summed E-state index contributed by atoms with van der Waals surface area (Å²) in [6, 6.07) is 0.579. The largest absolute Gasteiger partial charge is 0.370 e. The van der Waals surface area contributed by atoms with Crippen molar-refractivity contribution in [3.8, 4) is 0 Å². The molecule has 0 aromatic carbocycles. The molecule has 112 valence electrons. The van der Waals surface area contributed by atoms with Gasteiger partial charge < -0.3 is 15.5 Å². The van der Waals surface area contributed by atoms with E-state index in [-0.39, 0.29) is 24.0 Å². The average Bonchev–Trinajstić information content (AvgIpc) is 3.15. The zero-order valence-electron chi connectivity index (χ0n) is 12.3. The number of nitrogens with two attached hydrogens (primary N) is 1. The highest BCUT2D eigenvalue weighted by Gasteiger charge is 2.32. The zero-order chi connectivity index (χ0) is 13.0. The Morgan fingerprint density at radius 1 is 1.21 bits per heavy atom. The van der Waals surface area contributed by atoms with Gasteiger partial charge in [0.2, 0.25) is 0 Å². The Labute approximate surface area is 134 Å². The molecule has 1 saturated carbocycles. The van der Waals surface area contributed by atoms with Crippen molar-refractivity contribution in [3.05, 3.63) is 0 Å². The summed E-state index contributed by atoms with van der Waals surface area (Å²) in [7, 11) is 4.31. The van der Waals surface area contributed by atoms with Crippen molar-refractivity contribution in [3.63, 3.8) is 0 Å². The summed E-state index contributed by atoms with van der Waals surface area (Å²) in [4.78, 5) is 9.22. The fourth-order valence-corrected chi connectivity index (χ4v) is 2.80. The van der Waals surface area contributed by atoms with Gasteiger partial charge >= 0.3 is 0 Å². The van der Waals surface area contributed by atoms with Crippen LogP contribution in [-0.4, -0.2) is 55.5 Å². The van der Waals surface area contributed by atoms with Crippen LogP contribution in [0, 0.1) is 5.92 Å². The third-order valence-corrected chi connectivity index (χ3v) is 4.20. The molecule has 0 spiro atoms. The highest BCUT2D eigenvalue weighted by atomic mass is 127. The number of likely N-dealkylation sites (N-methyl/N-ethyl adjacent to an activating group) is 1. The maximum absolute atomic E-state index is 6.14. The first-order valence-electron chi connectivity index (χ1n) is 7.40. The fourth-order valence-electron chi connectivity index (χ4n) is 2.80. The van der Waals surface area contributed by atoms with E-state index in [4.69, 9.17) is 5.73 Å². The summed E-state index contributed by atoms with van der Waals surface area (Å²) in [5.74, 6) is 1.62. The Kier molecular flexibility index (Phi) is 7.42. The lowest BCUT2D eigenvalue weighted by atomic mass is 10.2. The predicted molar refractivity (Wildman–Crippen MR) is 92.1 cm³/mol. The second kappa shape index (κ2) is 8.29. The topological polar surface area (TPSA) is 44.9 Å². The average molecular weight is 380 g/mol. The zero-order valence-corrected chi connectivity index (χ0v) is 14.7. The molecule has 1 heterocycles. The Bertz CT molecular complexity index is 279. The molecule has 1 aliphatic heterocycles. The summed E-state index contributed by atoms with van der Waals surface area (Å²) >= 11 is 0. The summed E-state index contributed by atoms with van der Waals surface area (Å²) < 4.78 is 0. The molecule has 5 heteroatoms. The van der Waals surface area contributed by atoms with Gasteiger partial charge in [-0.05, 0) is 45.7 Å². The van der Waals surface area contributed by atoms with Crippen LogP contribution >= 0.6 is 24.0 Å². The van der Waals surface area contributed by atoms with Crippen LogP contribution in [0.1, 0.15) is 38.5 Å². The van der Waals surface area contributed by atoms with Crippen molar-refractivity contribution in [2.24, 2.45) is 16.6 Å². The van der Waals surface area contributed by atoms with E-state index in [1.165, 1.54) is 38.5 Å². The van der Waals surface area contributed by atoms with Crippen molar-refractivity contribution in [2.45, 2.75) is 44.6 Å². The van der Waals surface area contributed by atoms with Crippen molar-refractivity contribution in [1.29, 1.82) is 0 Å². The second-order valence-corrected chi connectivity index (χ2v) is 5.97. The lowest BCUT2D eigenvalue weighted by Crippen LogP contribution is -2.40. The van der Waals surface area contributed by atoms with Crippen LogP contribution in [0.4, 0.5) is 0 Å². The number of halogens is 1. The third kappa shape index (κ3) is 5.45. The molecule has 4 nitrogen and oxygen atoms in total. The van der Waals surface area contributed by atoms with E-state index in [0.29, 0.717) is 6.04 Å². The Hall–Kier alpha value is -0.0400. The number of rotatable bonds is 4. The Morgan fingerprint density at radius 3 is 2.26 bits per heavy atom. The molecule has 2 aliphatic rings. The summed E-state index contributed by atoms with van der Waals surface area (Å²) in [6.45, 7) is 3.04. The highest BCUT2D eigenvalue weighted by Crippen LogP contribution is 2.34. The normalized spacial score (nSPS) is 22.9. The Morgan fingerprint density at radius 2 is 1.79 bits per heavy atom. The molecule has 2 rings (SSSR count). The van der Waals surface area contributed by atoms with E-state index >= 15 is 0 Å². The van der Waals surface area contributed by atoms with Gasteiger partial charge in [0.25, 0.3) is 0 Å². The number of likely N-dealkylation sites (tertiary alicyclic amines) is 1. The third-order valence-electron chi connectivity index (χ3n) is 4.20. The van der Waals surface area contributed by atoms with E-state index in [9.17, 15) is 0 Å². The van der Waals surface area contributed by atoms with E-state index in [1.54, 1.807) is 0 Å². The van der Waals surface area contributed by atoms with Gasteiger partial charge in [-0.3, -0.25) is 4.99 Å². The van der Waals surface area contributed by atoms with Gasteiger partial charge in [-0.2, -0.15) is 0 Å². The standard InChI is InChI=1S/C14H28N4.HI/c1-17(2)13(12-7-8-12)11-16-14(15)18-9-5-3-4-6-10-18;/h12-13H,3-11H2,1-2H3,(H2,15,16);1H. The fraction of sp³-hybridized carbons (Fsp3) is 0.929. The van der Waals surface area contributed by atoms with Gasteiger partial charge in [-0.25, -0.2) is 0 Å². The molecule has 1 atom stereocenters. The van der Waals surface area contributed by atoms with E-state index < -0.39 is 0 Å². The van der Waals surface area contributed by atoms with Crippen LogP contribution in [0.25, 0.3) is 0 Å². The number of nitrogens with zero attached hydrogens (tertiary/aromatic N) is 3. The van der Waals surface area contributed by atoms with Crippen molar-refractivity contribution < 1.29 is 0 Å². The van der Waals surface area contributed by atoms with Crippen LogP contribution in [0.3, 0.4) is 0 Å². The first-order chi connectivity index (χ1) is 8.68. The molecule has 2 N–H and O–H groups in total. The summed E-state index contributed by atoms with van der Waals surface area (Å²) in [5, 5.41) is 0. The second-order valence-electron chi connectivity index (χ2n) is 5.97. The van der Waals surface area contributed by atoms with Gasteiger partial charge in [0.15, 0.2) is 5.96 Å². The number of hydrogen-bond acceptors (Lipinski definition) is 2. The molecule has 1 unspecified atom stereocenters. The van der Waals surface area contributed by atoms with Crippen LogP contribution in [0.2, 0.25) is 0 Å². The monoisotopic (exact) mass is 380 g/mol. The minimum Gasteiger partial charge on any atom is -0.370 e. The minimum absolute atomic E-state index is 0. The predicted octanol–water partition coefficient (Wildman–Crippen LogP) is 2.14. The molecule has 0 bridgehead atoms. The lowest BCUT2D eigenvalue weighted by Gasteiger charge is -2.25. The van der Waals surface area contributed by atoms with Crippen LogP contribution < -0.4 is 5.73 Å². The molecule has 0 aromatic heterocycles. The van der Waals surface area contributed by atoms with Crippen LogP contribution in [-0.2, 0) is 0 Å². The molecule has 1 aliphatic carbocycles. The summed E-state index contributed by atoms with van der Waals surface area (Å²) in [5.41, 5.74) is 6.14. The smallest absolute Gasteiger partial charge is 0.191 e. The Balaban J connectivity index is 0.00000180. The van der Waals surface area contributed by atoms with Gasteiger partial charge in [-0.1, -0.05) is 12.8 Å².